The minimum absolute atomic E-state index is 0.180. The van der Waals surface area contributed by atoms with E-state index >= 15 is 0 Å². The van der Waals surface area contributed by atoms with Crippen molar-refractivity contribution in [3.05, 3.63) is 60.7 Å². The van der Waals surface area contributed by atoms with Crippen LogP contribution in [0.15, 0.2) is 60.7 Å². The van der Waals surface area contributed by atoms with Gasteiger partial charge in [0.1, 0.15) is 0 Å². The summed E-state index contributed by atoms with van der Waals surface area (Å²) in [5.41, 5.74) is 0. The van der Waals surface area contributed by atoms with Crippen molar-refractivity contribution >= 4 is 47.3 Å². The van der Waals surface area contributed by atoms with Crippen LogP contribution in [0.2, 0.25) is 0 Å². The molecule has 0 aliphatic carbocycles. The van der Waals surface area contributed by atoms with E-state index in [0.717, 1.165) is 0 Å². The van der Waals surface area contributed by atoms with Gasteiger partial charge in [-0.1, -0.05) is 110 Å². The molecule has 0 aliphatic heterocycles. The van der Waals surface area contributed by atoms with Crippen LogP contribution in [-0.2, 0) is 0 Å². The molecular formula is C20H28BrP3. The minimum Gasteiger partial charge on any atom is -0.0622 e. The first kappa shape index (κ1) is 20.5. The minimum atomic E-state index is -0.370. The Morgan fingerprint density at radius 3 is 1.25 bits per heavy atom. The maximum atomic E-state index is 4.28. The third-order valence-corrected chi connectivity index (χ3v) is 24.3. The van der Waals surface area contributed by atoms with Crippen molar-refractivity contribution in [1.29, 1.82) is 0 Å². The molecule has 0 nitrogen and oxygen atoms in total. The van der Waals surface area contributed by atoms with E-state index in [2.05, 4.69) is 118 Å². The Hall–Kier alpha value is 0.210. The number of hydrogen-bond donors (Lipinski definition) is 0. The van der Waals surface area contributed by atoms with Gasteiger partial charge in [0.2, 0.25) is 0 Å². The summed E-state index contributed by atoms with van der Waals surface area (Å²) in [5.74, 6) is 0. The zero-order chi connectivity index (χ0) is 18.0. The first-order chi connectivity index (χ1) is 11.1. The molecule has 2 aromatic carbocycles. The van der Waals surface area contributed by atoms with Gasteiger partial charge in [-0.15, -0.1) is 0 Å². The molecule has 0 spiro atoms. The molecule has 1 unspecified atom stereocenters. The molecule has 0 heterocycles. The molecule has 24 heavy (non-hydrogen) atoms. The van der Waals surface area contributed by atoms with Crippen LogP contribution in [-0.4, -0.2) is 10.3 Å². The van der Waals surface area contributed by atoms with Gasteiger partial charge in [-0.3, -0.25) is 0 Å². The van der Waals surface area contributed by atoms with Gasteiger partial charge in [0.05, 0.1) is 0 Å². The fourth-order valence-corrected chi connectivity index (χ4v) is 33.4. The van der Waals surface area contributed by atoms with E-state index in [1.165, 1.54) is 10.6 Å². The Labute approximate surface area is 159 Å². The first-order valence-electron chi connectivity index (χ1n) is 8.28. The Morgan fingerprint density at radius 2 is 0.958 bits per heavy atom. The van der Waals surface area contributed by atoms with Crippen LogP contribution < -0.4 is 10.6 Å². The summed E-state index contributed by atoms with van der Waals surface area (Å²) in [4.78, 5) is 0. The van der Waals surface area contributed by atoms with Gasteiger partial charge in [0.25, 0.3) is 0 Å². The quantitative estimate of drug-likeness (QED) is 0.425. The summed E-state index contributed by atoms with van der Waals surface area (Å²) in [6.45, 7) is 14.5. The van der Waals surface area contributed by atoms with Crippen molar-refractivity contribution < 1.29 is 0 Å². The lowest BCUT2D eigenvalue weighted by molar-refractivity contribution is 0.720. The van der Waals surface area contributed by atoms with Crippen LogP contribution in [0.4, 0.5) is 0 Å². The van der Waals surface area contributed by atoms with Crippen molar-refractivity contribution in [3.63, 3.8) is 0 Å². The van der Waals surface area contributed by atoms with Crippen molar-refractivity contribution in [3.8, 4) is 0 Å². The molecule has 0 aliphatic rings. The molecule has 0 amide bonds. The Bertz CT molecular complexity index is 576. The van der Waals surface area contributed by atoms with Gasteiger partial charge in [0, 0.05) is 6.00 Å². The zero-order valence-corrected chi connectivity index (χ0v) is 19.8. The van der Waals surface area contributed by atoms with E-state index in [1.54, 1.807) is 0 Å². The topological polar surface area (TPSA) is 0 Å². The second-order valence-electron chi connectivity index (χ2n) is 7.88. The number of halogens is 1. The van der Waals surface area contributed by atoms with E-state index < -0.39 is 0 Å². The SMILES string of the molecule is CC(C)(C)P(P(Br)P(c1ccccc1)c1ccccc1)C(C)(C)C. The highest BCUT2D eigenvalue weighted by Gasteiger charge is 2.43. The maximum absolute atomic E-state index is 4.28. The second kappa shape index (κ2) is 8.27. The van der Waals surface area contributed by atoms with Crippen LogP contribution in [0, 0.1) is 0 Å². The van der Waals surface area contributed by atoms with Gasteiger partial charge < -0.3 is 0 Å². The largest absolute Gasteiger partial charge is 0.0622 e. The van der Waals surface area contributed by atoms with Crippen molar-refractivity contribution in [1.82, 2.24) is 0 Å². The molecule has 4 heteroatoms. The van der Waals surface area contributed by atoms with Crippen LogP contribution in [0.1, 0.15) is 41.5 Å². The Balaban J connectivity index is 2.54. The highest BCUT2D eigenvalue weighted by molar-refractivity contribution is 9.52. The maximum Gasteiger partial charge on any atom is 0.0240 e. The third kappa shape index (κ3) is 5.11. The Morgan fingerprint density at radius 1 is 0.625 bits per heavy atom. The number of benzene rings is 2. The normalized spacial score (nSPS) is 14.2. The average molecular weight is 441 g/mol. The summed E-state index contributed by atoms with van der Waals surface area (Å²) in [5, 5.41) is 3.63. The van der Waals surface area contributed by atoms with Crippen molar-refractivity contribution in [2.45, 2.75) is 51.9 Å². The molecule has 0 bridgehead atoms. The van der Waals surface area contributed by atoms with Gasteiger partial charge in [0.15, 0.2) is 0 Å². The summed E-state index contributed by atoms with van der Waals surface area (Å²) < 4.78 is 0. The average Bonchev–Trinajstić information content (AvgIpc) is 2.46. The lowest BCUT2D eigenvalue weighted by Crippen LogP contribution is -2.24. The fourth-order valence-electron chi connectivity index (χ4n) is 3.07. The highest BCUT2D eigenvalue weighted by Crippen LogP contribution is 2.95. The van der Waals surface area contributed by atoms with Crippen molar-refractivity contribution in [2.75, 3.05) is 0 Å². The summed E-state index contributed by atoms with van der Waals surface area (Å²) >= 11 is 4.28. The summed E-state index contributed by atoms with van der Waals surface area (Å²) in [6, 6.07) is 21.9. The van der Waals surface area contributed by atoms with E-state index in [0.29, 0.717) is 10.3 Å². The summed E-state index contributed by atoms with van der Waals surface area (Å²) in [6.07, 6.45) is 0. The molecule has 2 aromatic rings. The fraction of sp³-hybridized carbons (Fsp3) is 0.400. The predicted molar refractivity (Wildman–Crippen MR) is 121 cm³/mol. The Kier molecular flexibility index (Phi) is 7.07. The molecule has 130 valence electrons. The molecule has 0 N–H and O–H groups in total. The molecule has 0 fully saturated rings. The number of rotatable bonds is 4. The molecule has 0 saturated heterocycles. The van der Waals surface area contributed by atoms with Crippen molar-refractivity contribution in [2.24, 2.45) is 0 Å². The van der Waals surface area contributed by atoms with Crippen LogP contribution in [0.5, 0.6) is 0 Å². The molecule has 0 radical (unpaired) electrons. The molecule has 0 saturated carbocycles. The van der Waals surface area contributed by atoms with Gasteiger partial charge in [-0.05, 0) is 44.0 Å². The van der Waals surface area contributed by atoms with Gasteiger partial charge in [-0.2, -0.15) is 0 Å². The lowest BCUT2D eigenvalue weighted by Gasteiger charge is -2.46. The molecule has 2 rings (SSSR count). The smallest absolute Gasteiger partial charge is 0.0240 e. The zero-order valence-electron chi connectivity index (χ0n) is 15.5. The first-order valence-corrected chi connectivity index (χ1v) is 15.7. The third-order valence-electron chi connectivity index (χ3n) is 3.60. The standard InChI is InChI=1S/C20H28BrP3/c1-19(2,3)23(20(4,5)6)24(21)22(17-13-9-7-10-14-17)18-15-11-8-12-16-18/h7-16H,1-6H3. The molecule has 0 aromatic heterocycles. The highest BCUT2D eigenvalue weighted by atomic mass is 79.9. The second-order valence-corrected chi connectivity index (χ2v) is 24.5. The van der Waals surface area contributed by atoms with E-state index in [4.69, 9.17) is 0 Å². The molecule has 1 atom stereocenters. The van der Waals surface area contributed by atoms with Crippen LogP contribution in [0.25, 0.3) is 0 Å². The molecular weight excluding hydrogens is 413 g/mol. The van der Waals surface area contributed by atoms with Crippen LogP contribution in [0.3, 0.4) is 0 Å². The lowest BCUT2D eigenvalue weighted by atomic mass is 10.2. The monoisotopic (exact) mass is 440 g/mol. The van der Waals surface area contributed by atoms with Gasteiger partial charge >= 0.3 is 0 Å². The van der Waals surface area contributed by atoms with E-state index in [-0.39, 0.29) is 21.2 Å². The van der Waals surface area contributed by atoms with Crippen LogP contribution >= 0.6 is 36.7 Å². The van der Waals surface area contributed by atoms with E-state index in [1.807, 2.05) is 0 Å². The van der Waals surface area contributed by atoms with E-state index in [9.17, 15) is 0 Å². The predicted octanol–water partition coefficient (Wildman–Crippen LogP) is 7.82. The van der Waals surface area contributed by atoms with Gasteiger partial charge in [-0.25, -0.2) is 0 Å². The summed E-state index contributed by atoms with van der Waals surface area (Å²) in [7, 11) is -0.550. The number of hydrogen-bond acceptors (Lipinski definition) is 0.